The fraction of sp³-hybridized carbons (Fsp3) is 0.320. The van der Waals surface area contributed by atoms with Gasteiger partial charge in [0.15, 0.2) is 11.9 Å². The van der Waals surface area contributed by atoms with E-state index in [0.29, 0.717) is 29.3 Å². The number of primary amides is 1. The summed E-state index contributed by atoms with van der Waals surface area (Å²) in [5.74, 6) is 0.440. The summed E-state index contributed by atoms with van der Waals surface area (Å²) in [7, 11) is 0. The number of benzene rings is 2. The summed E-state index contributed by atoms with van der Waals surface area (Å²) in [6.07, 6.45) is 3.92. The van der Waals surface area contributed by atoms with Gasteiger partial charge in [-0.1, -0.05) is 17.3 Å². The minimum absolute atomic E-state index is 0.343. The molecule has 1 atom stereocenters. The third-order valence-electron chi connectivity index (χ3n) is 6.16. The molecule has 4 N–H and O–H groups in total. The Kier molecular flexibility index (Phi) is 7.47. The summed E-state index contributed by atoms with van der Waals surface area (Å²) >= 11 is 0. The Morgan fingerprint density at radius 1 is 1.19 bits per heavy atom. The van der Waals surface area contributed by atoms with E-state index < -0.39 is 17.8 Å². The second-order valence-electron chi connectivity index (χ2n) is 8.76. The Bertz CT molecular complexity index is 1370. The lowest BCUT2D eigenvalue weighted by Gasteiger charge is -2.26. The van der Waals surface area contributed by atoms with Crippen LogP contribution in [0.3, 0.4) is 0 Å². The number of rotatable bonds is 10. The minimum Gasteiger partial charge on any atom is -0.493 e. The van der Waals surface area contributed by atoms with Crippen molar-refractivity contribution in [2.45, 2.75) is 12.5 Å². The van der Waals surface area contributed by atoms with Crippen molar-refractivity contribution in [3.63, 3.8) is 0 Å². The van der Waals surface area contributed by atoms with Gasteiger partial charge < -0.3 is 26.0 Å². The van der Waals surface area contributed by atoms with Crippen LogP contribution in [0, 0.1) is 5.82 Å². The zero-order valence-electron chi connectivity index (χ0n) is 20.2. The number of fused-ring (bicyclic) bond motifs is 1. The van der Waals surface area contributed by atoms with Crippen LogP contribution in [0.15, 0.2) is 55.0 Å². The molecule has 2 aromatic heterocycles. The first-order chi connectivity index (χ1) is 18.1. The second-order valence-corrected chi connectivity index (χ2v) is 8.76. The van der Waals surface area contributed by atoms with Gasteiger partial charge in [0, 0.05) is 44.2 Å². The number of nitrogens with one attached hydrogen (secondary N) is 2. The first-order valence-electron chi connectivity index (χ1n) is 12.1. The number of hydrogen-bond acceptors (Lipinski definition) is 9. The number of aromatic nitrogens is 5. The summed E-state index contributed by atoms with van der Waals surface area (Å²) in [6, 6.07) is 10.3. The predicted molar refractivity (Wildman–Crippen MR) is 136 cm³/mol. The fourth-order valence-corrected chi connectivity index (χ4v) is 4.34. The summed E-state index contributed by atoms with van der Waals surface area (Å²) in [5.41, 5.74) is 6.65. The van der Waals surface area contributed by atoms with E-state index in [1.54, 1.807) is 6.07 Å². The topological polar surface area (TPSA) is 136 Å². The molecule has 1 aliphatic rings. The van der Waals surface area contributed by atoms with Gasteiger partial charge in [-0.2, -0.15) is 0 Å². The summed E-state index contributed by atoms with van der Waals surface area (Å²) in [4.78, 5) is 23.2. The van der Waals surface area contributed by atoms with Crippen LogP contribution in [-0.4, -0.2) is 75.1 Å². The molecule has 0 spiro atoms. The average Bonchev–Trinajstić information content (AvgIpc) is 3.35. The van der Waals surface area contributed by atoms with Crippen molar-refractivity contribution in [2.75, 3.05) is 44.6 Å². The smallest absolute Gasteiger partial charge is 0.246 e. The van der Waals surface area contributed by atoms with Gasteiger partial charge in [0.2, 0.25) is 5.91 Å². The summed E-state index contributed by atoms with van der Waals surface area (Å²) in [6.45, 7) is 5.87. The largest absolute Gasteiger partial charge is 0.493 e. The Balaban J connectivity index is 1.26. The van der Waals surface area contributed by atoms with Crippen molar-refractivity contribution >= 4 is 28.4 Å². The van der Waals surface area contributed by atoms with Crippen LogP contribution in [0.2, 0.25) is 0 Å². The lowest BCUT2D eigenvalue weighted by molar-refractivity contribution is -0.120. The van der Waals surface area contributed by atoms with E-state index in [1.165, 1.54) is 35.4 Å². The van der Waals surface area contributed by atoms with Gasteiger partial charge in [-0.25, -0.2) is 19.0 Å². The molecule has 5 rings (SSSR count). The molecule has 0 bridgehead atoms. The molecule has 0 saturated carbocycles. The van der Waals surface area contributed by atoms with E-state index in [9.17, 15) is 9.18 Å². The van der Waals surface area contributed by atoms with E-state index in [1.807, 2.05) is 18.2 Å². The standard InChI is InChI=1S/C25H28FN9O2/c26-18-4-1-3-17(13-18)23(24(27)36)35-15-22(32-33-35)31-25-20-6-5-19(14-21(20)29-16-30-25)37-12-2-9-34-10-7-28-8-11-34/h1,3-6,13-16,23,28H,2,7-12H2,(H2,27,36)(H,29,30,31). The van der Waals surface area contributed by atoms with Gasteiger partial charge >= 0.3 is 0 Å². The Morgan fingerprint density at radius 2 is 2.05 bits per heavy atom. The van der Waals surface area contributed by atoms with Crippen molar-refractivity contribution in [1.29, 1.82) is 0 Å². The van der Waals surface area contributed by atoms with Crippen molar-refractivity contribution in [3.05, 3.63) is 66.4 Å². The van der Waals surface area contributed by atoms with Gasteiger partial charge in [-0.15, -0.1) is 5.10 Å². The first kappa shape index (κ1) is 24.5. The Labute approximate surface area is 212 Å². The van der Waals surface area contributed by atoms with Crippen LogP contribution in [0.25, 0.3) is 10.9 Å². The molecule has 0 radical (unpaired) electrons. The highest BCUT2D eigenvalue weighted by atomic mass is 19.1. The van der Waals surface area contributed by atoms with Crippen molar-refractivity contribution in [1.82, 2.24) is 35.2 Å². The number of carbonyl (C=O) groups excluding carboxylic acids is 1. The number of carbonyl (C=O) groups is 1. The zero-order chi connectivity index (χ0) is 25.6. The quantitative estimate of drug-likeness (QED) is 0.276. The molecule has 192 valence electrons. The van der Waals surface area contributed by atoms with E-state index in [0.717, 1.165) is 50.3 Å². The van der Waals surface area contributed by atoms with Crippen molar-refractivity contribution < 1.29 is 13.9 Å². The maximum atomic E-state index is 13.7. The SMILES string of the molecule is NC(=O)C(c1cccc(F)c1)n1cc(Nc2ncnc3cc(OCCCN4CCNCC4)ccc23)nn1. The van der Waals surface area contributed by atoms with E-state index in [2.05, 4.69) is 35.8 Å². The maximum Gasteiger partial charge on any atom is 0.246 e. The summed E-state index contributed by atoms with van der Waals surface area (Å²) in [5, 5.41) is 15.3. The van der Waals surface area contributed by atoms with Crippen LogP contribution >= 0.6 is 0 Å². The number of halogens is 1. The highest BCUT2D eigenvalue weighted by molar-refractivity contribution is 5.91. The lowest BCUT2D eigenvalue weighted by atomic mass is 10.1. The number of piperazine rings is 1. The van der Waals surface area contributed by atoms with E-state index in [-0.39, 0.29) is 0 Å². The first-order valence-corrected chi connectivity index (χ1v) is 12.1. The summed E-state index contributed by atoms with van der Waals surface area (Å²) < 4.78 is 20.9. The number of nitrogens with zero attached hydrogens (tertiary/aromatic N) is 6. The van der Waals surface area contributed by atoms with Gasteiger partial charge in [-0.05, 0) is 36.2 Å². The monoisotopic (exact) mass is 505 g/mol. The molecule has 12 heteroatoms. The van der Waals surface area contributed by atoms with Crippen molar-refractivity contribution in [3.8, 4) is 5.75 Å². The van der Waals surface area contributed by atoms with Gasteiger partial charge in [0.05, 0.1) is 18.3 Å². The molecule has 3 heterocycles. The van der Waals surface area contributed by atoms with E-state index >= 15 is 0 Å². The molecule has 37 heavy (non-hydrogen) atoms. The predicted octanol–water partition coefficient (Wildman–Crippen LogP) is 1.85. The minimum atomic E-state index is -1.01. The van der Waals surface area contributed by atoms with Gasteiger partial charge in [-0.3, -0.25) is 4.79 Å². The molecule has 1 aliphatic heterocycles. The molecular weight excluding hydrogens is 477 g/mol. The fourth-order valence-electron chi connectivity index (χ4n) is 4.34. The number of amides is 1. The molecule has 1 saturated heterocycles. The molecule has 1 amide bonds. The third-order valence-corrected chi connectivity index (χ3v) is 6.16. The zero-order valence-corrected chi connectivity index (χ0v) is 20.2. The van der Waals surface area contributed by atoms with Crippen LogP contribution in [0.4, 0.5) is 16.0 Å². The number of anilines is 2. The lowest BCUT2D eigenvalue weighted by Crippen LogP contribution is -2.43. The normalized spacial score (nSPS) is 14.9. The third kappa shape index (κ3) is 5.98. The molecule has 1 fully saturated rings. The average molecular weight is 506 g/mol. The molecule has 1 unspecified atom stereocenters. The molecule has 11 nitrogen and oxygen atoms in total. The Hall–Kier alpha value is -4.16. The molecule has 2 aromatic carbocycles. The van der Waals surface area contributed by atoms with E-state index in [4.69, 9.17) is 10.5 Å². The van der Waals surface area contributed by atoms with Crippen molar-refractivity contribution in [2.24, 2.45) is 5.73 Å². The molecule has 0 aliphatic carbocycles. The number of nitrogens with two attached hydrogens (primary N) is 1. The van der Waals surface area contributed by atoms with Crippen LogP contribution in [0.1, 0.15) is 18.0 Å². The molecular formula is C25H28FN9O2. The Morgan fingerprint density at radius 3 is 2.86 bits per heavy atom. The number of ether oxygens (including phenoxy) is 1. The highest BCUT2D eigenvalue weighted by Crippen LogP contribution is 2.26. The van der Waals surface area contributed by atoms with Crippen LogP contribution in [0.5, 0.6) is 5.75 Å². The number of hydrogen-bond donors (Lipinski definition) is 3. The molecule has 4 aromatic rings. The van der Waals surface area contributed by atoms with Gasteiger partial charge in [0.1, 0.15) is 23.7 Å². The van der Waals surface area contributed by atoms with Gasteiger partial charge in [0.25, 0.3) is 0 Å². The second kappa shape index (κ2) is 11.3. The van der Waals surface area contributed by atoms with Crippen LogP contribution < -0.4 is 21.1 Å². The van der Waals surface area contributed by atoms with Crippen LogP contribution in [-0.2, 0) is 4.79 Å². The highest BCUT2D eigenvalue weighted by Gasteiger charge is 2.22. The maximum absolute atomic E-state index is 13.7.